The van der Waals surface area contributed by atoms with Crippen molar-refractivity contribution >= 4 is 11.1 Å². The average molecular weight is 477 g/mol. The number of hydrogen-bond donors (Lipinski definition) is 0. The average Bonchev–Trinajstić information content (AvgIpc) is 3.34. The molecule has 0 radical (unpaired) electrons. The first-order chi connectivity index (χ1) is 16.7. The van der Waals surface area contributed by atoms with Crippen LogP contribution in [0.4, 0.5) is 0 Å². The predicted molar refractivity (Wildman–Crippen MR) is 158 cm³/mol. The van der Waals surface area contributed by atoms with Crippen molar-refractivity contribution in [3.05, 3.63) is 106 Å². The van der Waals surface area contributed by atoms with Crippen LogP contribution in [0.2, 0.25) is 0 Å². The van der Waals surface area contributed by atoms with Crippen LogP contribution in [0.25, 0.3) is 11.1 Å². The van der Waals surface area contributed by atoms with Crippen LogP contribution in [0.3, 0.4) is 0 Å². The molecule has 0 nitrogen and oxygen atoms in total. The lowest BCUT2D eigenvalue weighted by Crippen LogP contribution is -2.58. The molecule has 4 aliphatic rings. The van der Waals surface area contributed by atoms with Gasteiger partial charge in [0.2, 0.25) is 0 Å². The van der Waals surface area contributed by atoms with E-state index in [1.807, 2.05) is 0 Å². The van der Waals surface area contributed by atoms with Gasteiger partial charge in [0.25, 0.3) is 0 Å². The summed E-state index contributed by atoms with van der Waals surface area (Å²) in [6.07, 6.45) is 8.89. The molecule has 1 aromatic rings. The minimum Gasteiger partial charge on any atom is -0.0955 e. The van der Waals surface area contributed by atoms with Crippen molar-refractivity contribution in [2.45, 2.75) is 81.1 Å². The molecule has 0 amide bonds. The van der Waals surface area contributed by atoms with Crippen LogP contribution in [-0.4, -0.2) is 0 Å². The SMILES string of the molecule is C=C(C)C1=C(C)C[C@@]2(C)[C@H](C)[C@]3(C)C(=C(C)[C@@]2(C)C1=C)C(=C)c1c(C)ccc(C2=CC=CC2)c1[C@H]3C. The first kappa shape index (κ1) is 25.1. The van der Waals surface area contributed by atoms with E-state index in [9.17, 15) is 0 Å². The molecule has 36 heavy (non-hydrogen) atoms. The van der Waals surface area contributed by atoms with Gasteiger partial charge in [0.05, 0.1) is 0 Å². The normalized spacial score (nSPS) is 35.5. The van der Waals surface area contributed by atoms with Gasteiger partial charge in [0.15, 0.2) is 0 Å². The molecule has 0 saturated carbocycles. The van der Waals surface area contributed by atoms with Crippen molar-refractivity contribution < 1.29 is 0 Å². The highest BCUT2D eigenvalue weighted by molar-refractivity contribution is 5.90. The number of allylic oxidation sites excluding steroid dienone is 11. The maximum atomic E-state index is 4.87. The third kappa shape index (κ3) is 2.71. The van der Waals surface area contributed by atoms with E-state index >= 15 is 0 Å². The van der Waals surface area contributed by atoms with Crippen LogP contribution >= 0.6 is 0 Å². The lowest BCUT2D eigenvalue weighted by Gasteiger charge is -2.67. The summed E-state index contributed by atoms with van der Waals surface area (Å²) in [5.41, 5.74) is 16.3. The third-order valence-electron chi connectivity index (χ3n) is 11.6. The van der Waals surface area contributed by atoms with Crippen molar-refractivity contribution in [2.24, 2.45) is 22.2 Å². The molecule has 0 aromatic heterocycles. The summed E-state index contributed by atoms with van der Waals surface area (Å²) in [6, 6.07) is 4.68. The monoisotopic (exact) mass is 476 g/mol. The van der Waals surface area contributed by atoms with Gasteiger partial charge in [-0.25, -0.2) is 0 Å². The second kappa shape index (κ2) is 7.70. The van der Waals surface area contributed by atoms with E-state index < -0.39 is 0 Å². The van der Waals surface area contributed by atoms with E-state index in [1.165, 1.54) is 61.3 Å². The summed E-state index contributed by atoms with van der Waals surface area (Å²) < 4.78 is 0. The Kier molecular flexibility index (Phi) is 5.36. The van der Waals surface area contributed by atoms with Crippen LogP contribution in [0.5, 0.6) is 0 Å². The molecule has 0 heteroatoms. The Hall–Kier alpha value is -2.60. The summed E-state index contributed by atoms with van der Waals surface area (Å²) in [6.45, 7) is 35.7. The van der Waals surface area contributed by atoms with Gasteiger partial charge in [0, 0.05) is 10.8 Å². The van der Waals surface area contributed by atoms with Crippen LogP contribution in [0.1, 0.15) is 96.4 Å². The highest BCUT2D eigenvalue weighted by atomic mass is 14.7. The zero-order chi connectivity index (χ0) is 26.5. The van der Waals surface area contributed by atoms with Crippen LogP contribution in [-0.2, 0) is 0 Å². The number of fused-ring (bicyclic) bond motifs is 3. The van der Waals surface area contributed by atoms with E-state index in [2.05, 4.69) is 99.3 Å². The lowest BCUT2D eigenvalue weighted by atomic mass is 9.36. The van der Waals surface area contributed by atoms with Gasteiger partial charge < -0.3 is 0 Å². The fourth-order valence-corrected chi connectivity index (χ4v) is 9.14. The Balaban J connectivity index is 1.85. The van der Waals surface area contributed by atoms with Crippen molar-refractivity contribution in [3.8, 4) is 0 Å². The zero-order valence-electron chi connectivity index (χ0n) is 24.1. The first-order valence-corrected chi connectivity index (χ1v) is 13.7. The van der Waals surface area contributed by atoms with Crippen LogP contribution in [0.15, 0.2) is 83.5 Å². The van der Waals surface area contributed by atoms with Crippen molar-refractivity contribution in [1.29, 1.82) is 0 Å². The molecule has 0 spiro atoms. The van der Waals surface area contributed by atoms with Gasteiger partial charge in [-0.05, 0) is 108 Å². The summed E-state index contributed by atoms with van der Waals surface area (Å²) >= 11 is 0. The quantitative estimate of drug-likeness (QED) is 0.398. The van der Waals surface area contributed by atoms with Crippen LogP contribution < -0.4 is 0 Å². The van der Waals surface area contributed by atoms with E-state index in [-0.39, 0.29) is 16.2 Å². The van der Waals surface area contributed by atoms with E-state index in [4.69, 9.17) is 13.2 Å². The number of aryl methyl sites for hydroxylation is 1. The maximum absolute atomic E-state index is 4.87. The lowest BCUT2D eigenvalue weighted by molar-refractivity contribution is -0.0261. The summed E-state index contributed by atoms with van der Waals surface area (Å²) in [4.78, 5) is 0. The Morgan fingerprint density at radius 3 is 2.28 bits per heavy atom. The fourth-order valence-electron chi connectivity index (χ4n) is 9.14. The standard InChI is InChI=1S/C36H44/c1-20(2)30-22(4)19-34(10)27(9)35(11)24(6)32-29(28-15-13-14-16-28)18-17-21(3)31(32)23(5)33(35)26(8)36(34,12)25(30)7/h13-15,17-18,24,27H,1,5,7,16,19H2,2-4,6,8-12H3/t24-,27+,34+,35-,36-/m1/s1. The highest BCUT2D eigenvalue weighted by Crippen LogP contribution is 2.74. The molecular weight excluding hydrogens is 432 g/mol. The van der Waals surface area contributed by atoms with E-state index in [0.717, 1.165) is 18.4 Å². The van der Waals surface area contributed by atoms with Crippen molar-refractivity contribution in [2.75, 3.05) is 0 Å². The summed E-state index contributed by atoms with van der Waals surface area (Å²) in [5, 5.41) is 0. The zero-order valence-corrected chi connectivity index (χ0v) is 24.1. The molecule has 0 fully saturated rings. The second-order valence-corrected chi connectivity index (χ2v) is 12.9. The first-order valence-electron chi connectivity index (χ1n) is 13.7. The van der Waals surface area contributed by atoms with Crippen molar-refractivity contribution in [3.63, 3.8) is 0 Å². The van der Waals surface area contributed by atoms with E-state index in [0.29, 0.717) is 11.8 Å². The second-order valence-electron chi connectivity index (χ2n) is 12.9. The molecule has 188 valence electrons. The molecule has 1 aromatic carbocycles. The van der Waals surface area contributed by atoms with Gasteiger partial charge in [0.1, 0.15) is 0 Å². The van der Waals surface area contributed by atoms with Crippen LogP contribution in [0, 0.1) is 29.1 Å². The Morgan fingerprint density at radius 1 is 1.03 bits per heavy atom. The molecule has 4 aliphatic carbocycles. The Bertz CT molecular complexity index is 1380. The van der Waals surface area contributed by atoms with Gasteiger partial charge in [-0.3, -0.25) is 0 Å². The number of rotatable bonds is 2. The Labute approximate surface area is 220 Å². The molecule has 5 rings (SSSR count). The summed E-state index contributed by atoms with van der Waals surface area (Å²) in [7, 11) is 0. The summed E-state index contributed by atoms with van der Waals surface area (Å²) in [5.74, 6) is 0.826. The molecular formula is C36H44. The Morgan fingerprint density at radius 2 is 1.69 bits per heavy atom. The molecule has 0 unspecified atom stereocenters. The molecule has 0 aliphatic heterocycles. The van der Waals surface area contributed by atoms with Crippen molar-refractivity contribution in [1.82, 2.24) is 0 Å². The molecule has 0 N–H and O–H groups in total. The third-order valence-corrected chi connectivity index (χ3v) is 11.6. The molecule has 0 heterocycles. The number of benzene rings is 1. The molecule has 5 atom stereocenters. The smallest absolute Gasteiger partial charge is 0.0196 e. The number of hydrogen-bond acceptors (Lipinski definition) is 0. The van der Waals surface area contributed by atoms with Gasteiger partial charge in [-0.1, -0.05) is 101 Å². The fraction of sp³-hybridized carbons (Fsp3) is 0.444. The van der Waals surface area contributed by atoms with Gasteiger partial charge in [-0.2, -0.15) is 0 Å². The van der Waals surface area contributed by atoms with Gasteiger partial charge in [-0.15, -0.1) is 0 Å². The predicted octanol–water partition coefficient (Wildman–Crippen LogP) is 10.3. The molecule has 0 bridgehead atoms. The highest BCUT2D eigenvalue weighted by Gasteiger charge is 2.65. The maximum Gasteiger partial charge on any atom is 0.0196 e. The van der Waals surface area contributed by atoms with Gasteiger partial charge >= 0.3 is 0 Å². The largest absolute Gasteiger partial charge is 0.0955 e. The topological polar surface area (TPSA) is 0 Å². The van der Waals surface area contributed by atoms with E-state index in [1.54, 1.807) is 0 Å². The minimum atomic E-state index is -0.140. The minimum absolute atomic E-state index is 0.0150. The molecule has 0 saturated heterocycles.